The van der Waals surface area contributed by atoms with Gasteiger partial charge in [-0.05, 0) is 48.9 Å². The van der Waals surface area contributed by atoms with Gasteiger partial charge in [0.25, 0.3) is 11.8 Å². The molecule has 0 aliphatic rings. The molecule has 0 aliphatic carbocycles. The molecule has 0 aliphatic heterocycles. The molecule has 0 saturated heterocycles. The van der Waals surface area contributed by atoms with Gasteiger partial charge >= 0.3 is 0 Å². The summed E-state index contributed by atoms with van der Waals surface area (Å²) in [4.78, 5) is 23.1. The van der Waals surface area contributed by atoms with E-state index in [1.165, 1.54) is 18.4 Å². The zero-order chi connectivity index (χ0) is 16.7. The lowest BCUT2D eigenvalue weighted by Crippen LogP contribution is -2.43. The van der Waals surface area contributed by atoms with Gasteiger partial charge in [-0.1, -0.05) is 11.6 Å². The Morgan fingerprint density at radius 3 is 2.83 bits per heavy atom. The van der Waals surface area contributed by atoms with Gasteiger partial charge in [0.1, 0.15) is 11.5 Å². The number of aryl methyl sites for hydroxylation is 1. The van der Waals surface area contributed by atoms with Crippen molar-refractivity contribution in [3.05, 3.63) is 59.0 Å². The smallest absolute Gasteiger partial charge is 0.276 e. The second kappa shape index (κ2) is 8.05. The molecule has 0 fully saturated rings. The minimum atomic E-state index is -0.488. The Bertz CT molecular complexity index is 711. The number of hydrogen-bond donors (Lipinski definition) is 2. The third-order valence-electron chi connectivity index (χ3n) is 2.76. The van der Waals surface area contributed by atoms with Crippen molar-refractivity contribution in [2.24, 2.45) is 0 Å². The number of amides is 2. The van der Waals surface area contributed by atoms with E-state index in [0.717, 1.165) is 5.56 Å². The summed E-state index contributed by atoms with van der Waals surface area (Å²) >= 11 is 5.84. The third-order valence-corrected chi connectivity index (χ3v) is 3.00. The number of rotatable bonds is 5. The number of carbonyl (C=O) groups excluding carboxylic acids is 2. The van der Waals surface area contributed by atoms with Gasteiger partial charge in [0.2, 0.25) is 0 Å². The fourth-order valence-electron chi connectivity index (χ4n) is 1.67. The molecular weight excluding hydrogens is 320 g/mol. The molecule has 23 heavy (non-hydrogen) atoms. The normalized spacial score (nSPS) is 10.5. The molecule has 0 unspecified atom stereocenters. The molecule has 7 heteroatoms. The summed E-state index contributed by atoms with van der Waals surface area (Å²) in [6, 6.07) is 8.48. The molecule has 120 valence electrons. The van der Waals surface area contributed by atoms with Crippen LogP contribution in [0.4, 0.5) is 0 Å². The van der Waals surface area contributed by atoms with Crippen LogP contribution in [0, 0.1) is 6.92 Å². The van der Waals surface area contributed by atoms with Crippen LogP contribution in [0.3, 0.4) is 0 Å². The van der Waals surface area contributed by atoms with Gasteiger partial charge in [0.15, 0.2) is 6.61 Å². The molecule has 0 saturated carbocycles. The lowest BCUT2D eigenvalue weighted by molar-refractivity contribution is -0.128. The number of halogens is 1. The summed E-state index contributed by atoms with van der Waals surface area (Å²) in [5, 5.41) is 0.593. The number of hydrazine groups is 1. The molecule has 1 aromatic carbocycles. The van der Waals surface area contributed by atoms with Crippen molar-refractivity contribution in [2.45, 2.75) is 6.92 Å². The SMILES string of the molecule is Cc1cc(Cl)ccc1OCC(=O)NNC(=O)C=Cc1ccco1. The lowest BCUT2D eigenvalue weighted by Gasteiger charge is -2.09. The number of furan rings is 1. The Morgan fingerprint density at radius 1 is 1.30 bits per heavy atom. The van der Waals surface area contributed by atoms with E-state index in [0.29, 0.717) is 16.5 Å². The topological polar surface area (TPSA) is 80.6 Å². The van der Waals surface area contributed by atoms with Crippen molar-refractivity contribution in [1.29, 1.82) is 0 Å². The predicted octanol–water partition coefficient (Wildman–Crippen LogP) is 2.48. The van der Waals surface area contributed by atoms with Crippen LogP contribution in [0.15, 0.2) is 47.1 Å². The number of hydrogen-bond acceptors (Lipinski definition) is 4. The zero-order valence-corrected chi connectivity index (χ0v) is 13.1. The zero-order valence-electron chi connectivity index (χ0n) is 12.3. The molecule has 0 atom stereocenters. The maximum Gasteiger partial charge on any atom is 0.276 e. The summed E-state index contributed by atoms with van der Waals surface area (Å²) < 4.78 is 10.4. The molecule has 1 aromatic heterocycles. The van der Waals surface area contributed by atoms with Crippen molar-refractivity contribution >= 4 is 29.5 Å². The molecule has 1 heterocycles. The van der Waals surface area contributed by atoms with Crippen LogP contribution < -0.4 is 15.6 Å². The van der Waals surface area contributed by atoms with Crippen molar-refractivity contribution in [3.8, 4) is 5.75 Å². The van der Waals surface area contributed by atoms with E-state index < -0.39 is 11.8 Å². The van der Waals surface area contributed by atoms with Crippen LogP contribution in [-0.2, 0) is 9.59 Å². The van der Waals surface area contributed by atoms with Crippen LogP contribution in [0.25, 0.3) is 6.08 Å². The first-order valence-corrected chi connectivity index (χ1v) is 7.12. The summed E-state index contributed by atoms with van der Waals surface area (Å²) in [5.74, 6) is 0.109. The molecule has 2 N–H and O–H groups in total. The first-order valence-electron chi connectivity index (χ1n) is 6.74. The molecule has 2 aromatic rings. The Hall–Kier alpha value is -2.73. The van der Waals surface area contributed by atoms with Gasteiger partial charge in [0, 0.05) is 11.1 Å². The van der Waals surface area contributed by atoms with E-state index in [4.69, 9.17) is 20.8 Å². The maximum atomic E-state index is 11.6. The van der Waals surface area contributed by atoms with Crippen molar-refractivity contribution in [2.75, 3.05) is 6.61 Å². The van der Waals surface area contributed by atoms with Crippen LogP contribution in [0.2, 0.25) is 5.02 Å². The highest BCUT2D eigenvalue weighted by molar-refractivity contribution is 6.30. The van der Waals surface area contributed by atoms with Crippen LogP contribution in [0.5, 0.6) is 5.75 Å². The van der Waals surface area contributed by atoms with E-state index in [1.54, 1.807) is 30.3 Å². The van der Waals surface area contributed by atoms with E-state index in [-0.39, 0.29) is 6.61 Å². The minimum absolute atomic E-state index is 0.231. The van der Waals surface area contributed by atoms with E-state index in [9.17, 15) is 9.59 Å². The molecular formula is C16H15ClN2O4. The highest BCUT2D eigenvalue weighted by Crippen LogP contribution is 2.21. The fourth-order valence-corrected chi connectivity index (χ4v) is 1.90. The van der Waals surface area contributed by atoms with Crippen molar-refractivity contribution < 1.29 is 18.7 Å². The fraction of sp³-hybridized carbons (Fsp3) is 0.125. The molecule has 0 bridgehead atoms. The maximum absolute atomic E-state index is 11.6. The van der Waals surface area contributed by atoms with Gasteiger partial charge < -0.3 is 9.15 Å². The summed E-state index contributed by atoms with van der Waals surface area (Å²) in [5.41, 5.74) is 5.29. The summed E-state index contributed by atoms with van der Waals surface area (Å²) in [7, 11) is 0. The van der Waals surface area contributed by atoms with E-state index >= 15 is 0 Å². The minimum Gasteiger partial charge on any atom is -0.483 e. The second-order valence-corrected chi connectivity index (χ2v) is 5.02. The van der Waals surface area contributed by atoms with Gasteiger partial charge in [-0.3, -0.25) is 20.4 Å². The van der Waals surface area contributed by atoms with Gasteiger partial charge in [-0.2, -0.15) is 0 Å². The van der Waals surface area contributed by atoms with Crippen LogP contribution >= 0.6 is 11.6 Å². The van der Waals surface area contributed by atoms with Gasteiger partial charge in [-0.15, -0.1) is 0 Å². The Balaban J connectivity index is 1.73. The lowest BCUT2D eigenvalue weighted by atomic mass is 10.2. The predicted molar refractivity (Wildman–Crippen MR) is 85.7 cm³/mol. The average Bonchev–Trinajstić information content (AvgIpc) is 3.03. The van der Waals surface area contributed by atoms with E-state index in [1.807, 2.05) is 6.92 Å². The quantitative estimate of drug-likeness (QED) is 0.650. The average molecular weight is 335 g/mol. The largest absolute Gasteiger partial charge is 0.483 e. The first kappa shape index (κ1) is 16.6. The van der Waals surface area contributed by atoms with Crippen LogP contribution in [-0.4, -0.2) is 18.4 Å². The number of carbonyl (C=O) groups is 2. The van der Waals surface area contributed by atoms with Gasteiger partial charge in [0.05, 0.1) is 6.26 Å². The monoisotopic (exact) mass is 334 g/mol. The number of ether oxygens (including phenoxy) is 1. The molecule has 2 amide bonds. The van der Waals surface area contributed by atoms with Crippen molar-refractivity contribution in [1.82, 2.24) is 10.9 Å². The molecule has 2 rings (SSSR count). The highest BCUT2D eigenvalue weighted by Gasteiger charge is 2.06. The number of nitrogens with one attached hydrogen (secondary N) is 2. The molecule has 6 nitrogen and oxygen atoms in total. The Kier molecular flexibility index (Phi) is 5.82. The molecule has 0 radical (unpaired) electrons. The van der Waals surface area contributed by atoms with Gasteiger partial charge in [-0.25, -0.2) is 0 Å². The third kappa shape index (κ3) is 5.52. The summed E-state index contributed by atoms with van der Waals surface area (Å²) in [6.45, 7) is 1.59. The first-order chi connectivity index (χ1) is 11.0. The Labute approximate surface area is 138 Å². The second-order valence-electron chi connectivity index (χ2n) is 4.58. The van der Waals surface area contributed by atoms with Crippen molar-refractivity contribution in [3.63, 3.8) is 0 Å². The molecule has 0 spiro atoms. The summed E-state index contributed by atoms with van der Waals surface area (Å²) in [6.07, 6.45) is 4.22. The Morgan fingerprint density at radius 2 is 2.13 bits per heavy atom. The van der Waals surface area contributed by atoms with Crippen LogP contribution in [0.1, 0.15) is 11.3 Å². The standard InChI is InChI=1S/C16H15ClN2O4/c1-11-9-12(17)4-6-14(11)23-10-16(21)19-18-15(20)7-5-13-3-2-8-22-13/h2-9H,10H2,1H3,(H,18,20)(H,19,21). The number of benzene rings is 1. The highest BCUT2D eigenvalue weighted by atomic mass is 35.5. The van der Waals surface area contributed by atoms with E-state index in [2.05, 4.69) is 10.9 Å².